The lowest BCUT2D eigenvalue weighted by Crippen LogP contribution is -2.30. The van der Waals surface area contributed by atoms with Gasteiger partial charge in [0.2, 0.25) is 0 Å². The minimum absolute atomic E-state index is 0.439. The fraction of sp³-hybridized carbons (Fsp3) is 0.889. The van der Waals surface area contributed by atoms with E-state index in [0.29, 0.717) is 12.8 Å². The summed E-state index contributed by atoms with van der Waals surface area (Å²) in [6, 6.07) is 0. The average molecular weight is 204 g/mol. The molecule has 14 heavy (non-hydrogen) atoms. The molecule has 1 saturated heterocycles. The minimum atomic E-state index is -1.19. The lowest BCUT2D eigenvalue weighted by atomic mass is 10.1. The van der Waals surface area contributed by atoms with Crippen molar-refractivity contribution in [1.29, 1.82) is 0 Å². The van der Waals surface area contributed by atoms with Gasteiger partial charge in [-0.2, -0.15) is 9.78 Å². The molecule has 0 amide bonds. The highest BCUT2D eigenvalue weighted by Crippen LogP contribution is 2.35. The molecule has 5 nitrogen and oxygen atoms in total. The Morgan fingerprint density at radius 3 is 2.29 bits per heavy atom. The van der Waals surface area contributed by atoms with Crippen molar-refractivity contribution in [2.24, 2.45) is 0 Å². The maximum Gasteiger partial charge on any atom is 0.513 e. The average Bonchev–Trinajstić information content (AvgIpc) is 2.84. The molecule has 5 heteroatoms. The van der Waals surface area contributed by atoms with E-state index in [9.17, 15) is 4.79 Å². The van der Waals surface area contributed by atoms with Crippen molar-refractivity contribution >= 4 is 6.16 Å². The third kappa shape index (κ3) is 2.85. The third-order valence-corrected chi connectivity index (χ3v) is 2.15. The molecule has 0 N–H and O–H groups in total. The summed E-state index contributed by atoms with van der Waals surface area (Å²) in [5.41, 5.74) is -0.527. The van der Waals surface area contributed by atoms with Crippen molar-refractivity contribution < 1.29 is 24.0 Å². The van der Waals surface area contributed by atoms with Crippen LogP contribution in [0, 0.1) is 0 Å². The van der Waals surface area contributed by atoms with Gasteiger partial charge in [0.25, 0.3) is 0 Å². The second-order valence-electron chi connectivity index (χ2n) is 3.77. The highest BCUT2D eigenvalue weighted by atomic mass is 17.5. The lowest BCUT2D eigenvalue weighted by molar-refractivity contribution is -0.0778. The van der Waals surface area contributed by atoms with Gasteiger partial charge in [-0.3, -0.25) is 0 Å². The van der Waals surface area contributed by atoms with E-state index < -0.39 is 17.7 Å². The molecule has 0 aliphatic carbocycles. The van der Waals surface area contributed by atoms with Crippen LogP contribution in [0.3, 0.4) is 0 Å². The molecule has 0 aromatic rings. The fourth-order valence-electron chi connectivity index (χ4n) is 0.716. The maximum absolute atomic E-state index is 11.2. The zero-order chi connectivity index (χ0) is 10.8. The predicted molar refractivity (Wildman–Crippen MR) is 47.1 cm³/mol. The van der Waals surface area contributed by atoms with E-state index >= 15 is 0 Å². The molecule has 0 bridgehead atoms. The Balaban J connectivity index is 2.36. The molecule has 1 aliphatic heterocycles. The van der Waals surface area contributed by atoms with Crippen molar-refractivity contribution in [3.8, 4) is 0 Å². The summed E-state index contributed by atoms with van der Waals surface area (Å²) >= 11 is 0. The van der Waals surface area contributed by atoms with Crippen LogP contribution in [0.15, 0.2) is 0 Å². The first-order valence-electron chi connectivity index (χ1n) is 4.72. The van der Waals surface area contributed by atoms with Crippen molar-refractivity contribution in [3.05, 3.63) is 0 Å². The Bertz CT molecular complexity index is 209. The molecule has 0 radical (unpaired) electrons. The van der Waals surface area contributed by atoms with Gasteiger partial charge < -0.3 is 9.47 Å². The molecule has 0 aromatic carbocycles. The Morgan fingerprint density at radius 1 is 1.36 bits per heavy atom. The molecule has 1 aliphatic rings. The van der Waals surface area contributed by atoms with Crippen LogP contribution in [-0.4, -0.2) is 17.7 Å². The minimum Gasteiger partial charge on any atom is -0.428 e. The van der Waals surface area contributed by atoms with Crippen LogP contribution < -0.4 is 0 Å². The second kappa shape index (κ2) is 3.74. The second-order valence-corrected chi connectivity index (χ2v) is 3.77. The summed E-state index contributed by atoms with van der Waals surface area (Å²) in [6.07, 6.45) is 0.383. The van der Waals surface area contributed by atoms with Crippen molar-refractivity contribution in [3.63, 3.8) is 0 Å². The van der Waals surface area contributed by atoms with Crippen LogP contribution in [-0.2, 0) is 19.2 Å². The monoisotopic (exact) mass is 204 g/mol. The lowest BCUT2D eigenvalue weighted by Gasteiger charge is -2.22. The number of hydrogen-bond donors (Lipinski definition) is 0. The van der Waals surface area contributed by atoms with Crippen molar-refractivity contribution in [2.45, 2.75) is 52.1 Å². The molecule has 0 spiro atoms. The van der Waals surface area contributed by atoms with E-state index in [1.54, 1.807) is 6.92 Å². The van der Waals surface area contributed by atoms with Crippen LogP contribution in [0.4, 0.5) is 4.79 Å². The molecule has 82 valence electrons. The smallest absolute Gasteiger partial charge is 0.428 e. The summed E-state index contributed by atoms with van der Waals surface area (Å²) in [5.74, 6) is -1.19. The zero-order valence-electron chi connectivity index (χ0n) is 8.96. The number of carbonyl (C=O) groups excluding carboxylic acids is 1. The molecule has 0 aromatic heterocycles. The van der Waals surface area contributed by atoms with Crippen LogP contribution in [0.2, 0.25) is 0 Å². The van der Waals surface area contributed by atoms with Gasteiger partial charge in [0, 0.05) is 6.42 Å². The van der Waals surface area contributed by atoms with Gasteiger partial charge in [0.05, 0.1) is 0 Å². The summed E-state index contributed by atoms with van der Waals surface area (Å²) in [7, 11) is 0. The molecule has 1 fully saturated rings. The van der Waals surface area contributed by atoms with E-state index in [0.717, 1.165) is 0 Å². The number of rotatable bonds is 4. The third-order valence-electron chi connectivity index (χ3n) is 2.15. The summed E-state index contributed by atoms with van der Waals surface area (Å²) in [5, 5.41) is 0. The molecule has 0 unspecified atom stereocenters. The van der Waals surface area contributed by atoms with E-state index in [1.165, 1.54) is 0 Å². The van der Waals surface area contributed by atoms with Crippen LogP contribution in [0.5, 0.6) is 0 Å². The summed E-state index contributed by atoms with van der Waals surface area (Å²) in [6.45, 7) is 7.32. The molecule has 1 heterocycles. The molecular formula is C9H16O5. The maximum atomic E-state index is 11.2. The van der Waals surface area contributed by atoms with Crippen molar-refractivity contribution in [2.75, 3.05) is 0 Å². The van der Waals surface area contributed by atoms with Crippen LogP contribution >= 0.6 is 0 Å². The van der Waals surface area contributed by atoms with E-state index in [-0.39, 0.29) is 0 Å². The topological polar surface area (TPSA) is 60.6 Å². The summed E-state index contributed by atoms with van der Waals surface area (Å²) in [4.78, 5) is 20.3. The zero-order valence-corrected chi connectivity index (χ0v) is 8.96. The Kier molecular flexibility index (Phi) is 3.01. The van der Waals surface area contributed by atoms with E-state index in [4.69, 9.17) is 9.47 Å². The van der Waals surface area contributed by atoms with Gasteiger partial charge in [-0.1, -0.05) is 13.8 Å². The Morgan fingerprint density at radius 2 is 1.93 bits per heavy atom. The number of ether oxygens (including phenoxy) is 2. The van der Waals surface area contributed by atoms with Gasteiger partial charge in [-0.05, 0) is 20.3 Å². The van der Waals surface area contributed by atoms with Crippen molar-refractivity contribution in [1.82, 2.24) is 0 Å². The van der Waals surface area contributed by atoms with E-state index in [2.05, 4.69) is 9.78 Å². The molecule has 0 saturated carbocycles. The predicted octanol–water partition coefficient (Wildman–Crippen LogP) is 2.35. The number of hydrogen-bond acceptors (Lipinski definition) is 5. The summed E-state index contributed by atoms with van der Waals surface area (Å²) < 4.78 is 9.87. The Labute approximate surface area is 83.2 Å². The van der Waals surface area contributed by atoms with Crippen LogP contribution in [0.1, 0.15) is 40.5 Å². The number of carbonyl (C=O) groups is 1. The highest BCUT2D eigenvalue weighted by molar-refractivity contribution is 5.61. The highest BCUT2D eigenvalue weighted by Gasteiger charge is 2.53. The largest absolute Gasteiger partial charge is 0.513 e. The molecule has 1 rings (SSSR count). The van der Waals surface area contributed by atoms with Gasteiger partial charge in [0.1, 0.15) is 5.60 Å². The molecular weight excluding hydrogens is 188 g/mol. The fourth-order valence-corrected chi connectivity index (χ4v) is 0.716. The first-order valence-corrected chi connectivity index (χ1v) is 4.72. The van der Waals surface area contributed by atoms with Crippen LogP contribution in [0.25, 0.3) is 0 Å². The van der Waals surface area contributed by atoms with E-state index in [1.807, 2.05) is 20.8 Å². The normalized spacial score (nSPS) is 18.9. The quantitative estimate of drug-likeness (QED) is 0.399. The van der Waals surface area contributed by atoms with Gasteiger partial charge >= 0.3 is 12.1 Å². The standard InChI is InChI=1S/C9H16O5/c1-5-8(3,4)11-7(10)12-9(6-2)13-14-9/h5-6H2,1-4H3. The first-order chi connectivity index (χ1) is 6.43. The SMILES string of the molecule is CCC(C)(C)OC(=O)OC1(CC)OO1. The molecule has 0 atom stereocenters. The van der Waals surface area contributed by atoms with Gasteiger partial charge in [-0.15, -0.1) is 0 Å². The first kappa shape index (κ1) is 11.3. The Hall–Kier alpha value is -0.810. The van der Waals surface area contributed by atoms with Gasteiger partial charge in [0.15, 0.2) is 0 Å². The van der Waals surface area contributed by atoms with Gasteiger partial charge in [-0.25, -0.2) is 4.79 Å².